The van der Waals surface area contributed by atoms with Crippen LogP contribution in [0.4, 0.5) is 0 Å². The molecule has 0 spiro atoms. The number of allylic oxidation sites excluding steroid dienone is 1. The minimum Gasteiger partial charge on any atom is -0.388 e. The maximum absolute atomic E-state index is 4.10. The van der Waals surface area contributed by atoms with Crippen LogP contribution in [0, 0.1) is 5.92 Å². The minimum atomic E-state index is 0.564. The van der Waals surface area contributed by atoms with Crippen LogP contribution >= 0.6 is 0 Å². The molecule has 0 aliphatic rings. The van der Waals surface area contributed by atoms with Gasteiger partial charge >= 0.3 is 0 Å². The lowest BCUT2D eigenvalue weighted by molar-refractivity contribution is 0.460. The van der Waals surface area contributed by atoms with Gasteiger partial charge in [0.25, 0.3) is 0 Å². The third-order valence-corrected chi connectivity index (χ3v) is 3.34. The van der Waals surface area contributed by atoms with E-state index in [1.165, 1.54) is 6.42 Å². The summed E-state index contributed by atoms with van der Waals surface area (Å²) in [6.07, 6.45) is 3.39. The van der Waals surface area contributed by atoms with E-state index in [2.05, 4.69) is 55.5 Å². The first kappa shape index (κ1) is 20.4. The van der Waals surface area contributed by atoms with E-state index >= 15 is 0 Å². The van der Waals surface area contributed by atoms with E-state index in [0.29, 0.717) is 12.0 Å². The van der Waals surface area contributed by atoms with Gasteiger partial charge in [-0.1, -0.05) is 27.4 Å². The Morgan fingerprint density at radius 3 is 2.19 bits per heavy atom. The molecule has 4 nitrogen and oxygen atoms in total. The monoisotopic (exact) mass is 298 g/mol. The van der Waals surface area contributed by atoms with Crippen molar-refractivity contribution in [2.24, 2.45) is 5.92 Å². The second kappa shape index (κ2) is 14.4. The summed E-state index contributed by atoms with van der Waals surface area (Å²) in [5.41, 5.74) is 1.15. The Morgan fingerprint density at radius 2 is 1.57 bits per heavy atom. The first-order valence-electron chi connectivity index (χ1n) is 8.62. The Hall–Kier alpha value is -0.580. The van der Waals surface area contributed by atoms with Crippen LogP contribution in [0.1, 0.15) is 47.0 Å². The van der Waals surface area contributed by atoms with Crippen molar-refractivity contribution in [3.05, 3.63) is 12.3 Å². The molecule has 0 saturated heterocycles. The lowest BCUT2D eigenvalue weighted by Gasteiger charge is -2.17. The van der Waals surface area contributed by atoms with Crippen molar-refractivity contribution < 1.29 is 0 Å². The fourth-order valence-electron chi connectivity index (χ4n) is 1.95. The highest BCUT2D eigenvalue weighted by Crippen LogP contribution is 2.03. The van der Waals surface area contributed by atoms with Crippen LogP contribution < -0.4 is 21.3 Å². The first-order chi connectivity index (χ1) is 10.1. The lowest BCUT2D eigenvalue weighted by atomic mass is 10.1. The molecule has 0 radical (unpaired) electrons. The Bertz CT molecular complexity index is 241. The summed E-state index contributed by atoms with van der Waals surface area (Å²) in [7, 11) is 0. The van der Waals surface area contributed by atoms with Crippen LogP contribution in [-0.4, -0.2) is 45.3 Å². The smallest absolute Gasteiger partial charge is 0.0269 e. The van der Waals surface area contributed by atoms with Gasteiger partial charge in [-0.15, -0.1) is 0 Å². The quantitative estimate of drug-likeness (QED) is 0.350. The SMILES string of the molecule is C=C(CCC(C)NCC(C)C)NCCNCCNCCC. The number of rotatable bonds is 15. The molecule has 126 valence electrons. The minimum absolute atomic E-state index is 0.564. The van der Waals surface area contributed by atoms with Crippen molar-refractivity contribution in [2.75, 3.05) is 39.3 Å². The molecular weight excluding hydrogens is 260 g/mol. The zero-order chi connectivity index (χ0) is 15.9. The van der Waals surface area contributed by atoms with Gasteiger partial charge in [-0.3, -0.25) is 0 Å². The summed E-state index contributed by atoms with van der Waals surface area (Å²) in [5, 5.41) is 13.7. The molecule has 0 aromatic heterocycles. The van der Waals surface area contributed by atoms with E-state index < -0.39 is 0 Å². The van der Waals surface area contributed by atoms with Crippen molar-refractivity contribution in [2.45, 2.75) is 53.0 Å². The first-order valence-corrected chi connectivity index (χ1v) is 8.62. The van der Waals surface area contributed by atoms with Crippen LogP contribution in [0.5, 0.6) is 0 Å². The highest BCUT2D eigenvalue weighted by Gasteiger charge is 2.03. The third kappa shape index (κ3) is 15.6. The van der Waals surface area contributed by atoms with E-state index in [1.807, 2.05) is 0 Å². The second-order valence-corrected chi connectivity index (χ2v) is 6.27. The van der Waals surface area contributed by atoms with E-state index in [1.54, 1.807) is 0 Å². The predicted molar refractivity (Wildman–Crippen MR) is 94.7 cm³/mol. The average molecular weight is 299 g/mol. The Labute approximate surface area is 132 Å². The maximum atomic E-state index is 4.10. The number of nitrogens with one attached hydrogen (secondary N) is 4. The van der Waals surface area contributed by atoms with Gasteiger partial charge in [0.15, 0.2) is 0 Å². The molecule has 0 aliphatic heterocycles. The van der Waals surface area contributed by atoms with Crippen molar-refractivity contribution in [3.8, 4) is 0 Å². The van der Waals surface area contributed by atoms with Crippen LogP contribution in [0.3, 0.4) is 0 Å². The van der Waals surface area contributed by atoms with Gasteiger partial charge in [-0.05, 0) is 45.2 Å². The highest BCUT2D eigenvalue weighted by molar-refractivity contribution is 4.91. The van der Waals surface area contributed by atoms with Gasteiger partial charge in [0, 0.05) is 37.9 Å². The lowest BCUT2D eigenvalue weighted by Crippen LogP contribution is -2.33. The molecule has 0 bridgehead atoms. The highest BCUT2D eigenvalue weighted by atomic mass is 15.0. The van der Waals surface area contributed by atoms with Crippen LogP contribution in [0.15, 0.2) is 12.3 Å². The molecule has 1 atom stereocenters. The summed E-state index contributed by atoms with van der Waals surface area (Å²) in [5.74, 6) is 0.715. The second-order valence-electron chi connectivity index (χ2n) is 6.27. The molecule has 0 amide bonds. The van der Waals surface area contributed by atoms with E-state index in [-0.39, 0.29) is 0 Å². The zero-order valence-electron chi connectivity index (χ0n) is 14.7. The third-order valence-electron chi connectivity index (χ3n) is 3.34. The van der Waals surface area contributed by atoms with Gasteiger partial charge in [-0.2, -0.15) is 0 Å². The van der Waals surface area contributed by atoms with Gasteiger partial charge in [-0.25, -0.2) is 0 Å². The average Bonchev–Trinajstić information content (AvgIpc) is 2.45. The molecule has 0 aliphatic carbocycles. The van der Waals surface area contributed by atoms with Crippen molar-refractivity contribution in [3.63, 3.8) is 0 Å². The molecule has 21 heavy (non-hydrogen) atoms. The molecule has 0 saturated carbocycles. The Kier molecular flexibility index (Phi) is 14.0. The fraction of sp³-hybridized carbons (Fsp3) is 0.882. The van der Waals surface area contributed by atoms with Crippen molar-refractivity contribution in [1.82, 2.24) is 21.3 Å². The van der Waals surface area contributed by atoms with Crippen molar-refractivity contribution in [1.29, 1.82) is 0 Å². The molecular formula is C17H38N4. The fourth-order valence-corrected chi connectivity index (χ4v) is 1.95. The molecule has 0 aromatic rings. The molecule has 0 fully saturated rings. The molecule has 4 heteroatoms. The largest absolute Gasteiger partial charge is 0.388 e. The summed E-state index contributed by atoms with van der Waals surface area (Å²) < 4.78 is 0. The molecule has 0 aromatic carbocycles. The Morgan fingerprint density at radius 1 is 0.952 bits per heavy atom. The molecule has 4 N–H and O–H groups in total. The van der Waals surface area contributed by atoms with Crippen molar-refractivity contribution >= 4 is 0 Å². The van der Waals surface area contributed by atoms with E-state index in [9.17, 15) is 0 Å². The molecule has 0 heterocycles. The van der Waals surface area contributed by atoms with Gasteiger partial charge in [0.2, 0.25) is 0 Å². The summed E-state index contributed by atoms with van der Waals surface area (Å²) in [6.45, 7) is 19.3. The van der Waals surface area contributed by atoms with Gasteiger partial charge < -0.3 is 21.3 Å². The summed E-state index contributed by atoms with van der Waals surface area (Å²) in [4.78, 5) is 0. The standard InChI is InChI=1S/C17H38N4/c1-6-9-18-10-11-19-12-13-20-16(4)7-8-17(5)21-14-15(2)3/h15,17-21H,4,6-14H2,1-3,5H3. The van der Waals surface area contributed by atoms with Crippen LogP contribution in [0.25, 0.3) is 0 Å². The predicted octanol–water partition coefficient (Wildman–Crippen LogP) is 2.09. The number of hydrogen-bond acceptors (Lipinski definition) is 4. The van der Waals surface area contributed by atoms with Gasteiger partial charge in [0.1, 0.15) is 0 Å². The number of hydrogen-bond donors (Lipinski definition) is 4. The van der Waals surface area contributed by atoms with E-state index in [0.717, 1.165) is 57.8 Å². The molecule has 1 unspecified atom stereocenters. The molecule has 0 rings (SSSR count). The normalized spacial score (nSPS) is 12.6. The van der Waals surface area contributed by atoms with Crippen LogP contribution in [-0.2, 0) is 0 Å². The summed E-state index contributed by atoms with van der Waals surface area (Å²) >= 11 is 0. The Balaban J connectivity index is 3.34. The summed E-state index contributed by atoms with van der Waals surface area (Å²) in [6, 6.07) is 0.564. The van der Waals surface area contributed by atoms with E-state index in [4.69, 9.17) is 0 Å². The van der Waals surface area contributed by atoms with Crippen LogP contribution in [0.2, 0.25) is 0 Å². The van der Waals surface area contributed by atoms with Gasteiger partial charge in [0.05, 0.1) is 0 Å². The zero-order valence-corrected chi connectivity index (χ0v) is 14.7. The maximum Gasteiger partial charge on any atom is 0.0269 e. The topological polar surface area (TPSA) is 48.1 Å².